The van der Waals surface area contributed by atoms with E-state index in [1.54, 1.807) is 18.3 Å². The van der Waals surface area contributed by atoms with Gasteiger partial charge in [-0.3, -0.25) is 5.43 Å². The molecule has 5 heteroatoms. The van der Waals surface area contributed by atoms with Crippen LogP contribution in [0.3, 0.4) is 0 Å². The van der Waals surface area contributed by atoms with Crippen molar-refractivity contribution in [1.29, 1.82) is 0 Å². The molecule has 114 valence electrons. The van der Waals surface area contributed by atoms with Crippen molar-refractivity contribution in [3.05, 3.63) is 78.1 Å². The van der Waals surface area contributed by atoms with Gasteiger partial charge < -0.3 is 9.52 Å². The molecule has 0 atom stereocenters. The quantitative estimate of drug-likeness (QED) is 0.550. The predicted molar refractivity (Wildman–Crippen MR) is 88.8 cm³/mol. The number of hydrogen-bond donors (Lipinski definition) is 2. The largest absolute Gasteiger partial charge is 0.478 e. The first-order valence-electron chi connectivity index (χ1n) is 7.00. The second kappa shape index (κ2) is 6.62. The van der Waals surface area contributed by atoms with E-state index < -0.39 is 5.97 Å². The Kier molecular flexibility index (Phi) is 4.20. The average Bonchev–Trinajstić information content (AvgIpc) is 3.05. The fraction of sp³-hybridized carbons (Fsp3) is 0. The summed E-state index contributed by atoms with van der Waals surface area (Å²) in [6, 6.07) is 19.9. The van der Waals surface area contributed by atoms with Gasteiger partial charge in [-0.15, -0.1) is 0 Å². The Morgan fingerprint density at radius 3 is 2.43 bits per heavy atom. The molecular weight excluding hydrogens is 292 g/mol. The summed E-state index contributed by atoms with van der Waals surface area (Å²) in [6.45, 7) is 0. The van der Waals surface area contributed by atoms with Gasteiger partial charge in [-0.05, 0) is 36.4 Å². The topological polar surface area (TPSA) is 74.8 Å². The number of benzene rings is 2. The summed E-state index contributed by atoms with van der Waals surface area (Å²) < 4.78 is 5.69. The van der Waals surface area contributed by atoms with Crippen LogP contribution in [0.4, 0.5) is 5.69 Å². The number of carbonyl (C=O) groups is 1. The highest BCUT2D eigenvalue weighted by Gasteiger charge is 2.03. The van der Waals surface area contributed by atoms with Crippen molar-refractivity contribution in [2.75, 3.05) is 5.43 Å². The van der Waals surface area contributed by atoms with Crippen LogP contribution >= 0.6 is 0 Å². The maximum Gasteiger partial charge on any atom is 0.335 e. The van der Waals surface area contributed by atoms with Crippen molar-refractivity contribution in [3.8, 4) is 11.3 Å². The van der Waals surface area contributed by atoms with Crippen LogP contribution in [0, 0.1) is 0 Å². The van der Waals surface area contributed by atoms with Crippen molar-refractivity contribution in [3.63, 3.8) is 0 Å². The molecule has 0 radical (unpaired) electrons. The highest BCUT2D eigenvalue weighted by molar-refractivity contribution is 5.88. The first-order chi connectivity index (χ1) is 11.2. The highest BCUT2D eigenvalue weighted by Crippen LogP contribution is 2.20. The maximum atomic E-state index is 10.8. The molecule has 0 aliphatic carbocycles. The summed E-state index contributed by atoms with van der Waals surface area (Å²) in [6.07, 6.45) is 1.57. The third kappa shape index (κ3) is 3.65. The van der Waals surface area contributed by atoms with Gasteiger partial charge in [0, 0.05) is 5.56 Å². The van der Waals surface area contributed by atoms with E-state index in [1.165, 1.54) is 12.1 Å². The molecule has 0 saturated heterocycles. The molecule has 5 nitrogen and oxygen atoms in total. The number of anilines is 1. The molecule has 3 rings (SSSR count). The summed E-state index contributed by atoms with van der Waals surface area (Å²) in [5, 5.41) is 12.9. The zero-order valence-electron chi connectivity index (χ0n) is 12.1. The zero-order valence-corrected chi connectivity index (χ0v) is 12.1. The number of hydrazone groups is 1. The third-order valence-corrected chi connectivity index (χ3v) is 3.20. The lowest BCUT2D eigenvalue weighted by Gasteiger charge is -2.00. The summed E-state index contributed by atoms with van der Waals surface area (Å²) in [7, 11) is 0. The van der Waals surface area contributed by atoms with Crippen LogP contribution in [-0.4, -0.2) is 17.3 Å². The van der Waals surface area contributed by atoms with Crippen molar-refractivity contribution in [2.45, 2.75) is 0 Å². The molecular formula is C18H14N2O3. The Hall–Kier alpha value is -3.34. The van der Waals surface area contributed by atoms with Gasteiger partial charge in [-0.25, -0.2) is 4.79 Å². The molecule has 2 N–H and O–H groups in total. The van der Waals surface area contributed by atoms with Gasteiger partial charge >= 0.3 is 5.97 Å². The smallest absolute Gasteiger partial charge is 0.335 e. The minimum atomic E-state index is -0.955. The number of rotatable bonds is 5. The standard InChI is InChI=1S/C18H14N2O3/c21-18(22)14-6-8-15(9-7-14)20-19-12-16-10-11-17(23-16)13-4-2-1-3-5-13/h1-12,20H,(H,21,22)/b19-12-. The van der Waals surface area contributed by atoms with Gasteiger partial charge in [-0.2, -0.15) is 5.10 Å². The lowest BCUT2D eigenvalue weighted by atomic mass is 10.2. The van der Waals surface area contributed by atoms with E-state index in [0.717, 1.165) is 11.3 Å². The number of furan rings is 1. The molecule has 0 fully saturated rings. The van der Waals surface area contributed by atoms with E-state index in [9.17, 15) is 4.79 Å². The summed E-state index contributed by atoms with van der Waals surface area (Å²) in [4.78, 5) is 10.8. The van der Waals surface area contributed by atoms with Crippen molar-refractivity contribution in [1.82, 2.24) is 0 Å². The van der Waals surface area contributed by atoms with Gasteiger partial charge in [-0.1, -0.05) is 30.3 Å². The van der Waals surface area contributed by atoms with E-state index in [-0.39, 0.29) is 5.56 Å². The van der Waals surface area contributed by atoms with Crippen LogP contribution in [0.1, 0.15) is 16.1 Å². The number of nitrogens with one attached hydrogen (secondary N) is 1. The van der Waals surface area contributed by atoms with Crippen LogP contribution < -0.4 is 5.43 Å². The molecule has 0 spiro atoms. The van der Waals surface area contributed by atoms with Gasteiger partial charge in [0.1, 0.15) is 11.5 Å². The van der Waals surface area contributed by atoms with E-state index in [0.29, 0.717) is 11.4 Å². The SMILES string of the molecule is O=C(O)c1ccc(N/N=C\c2ccc(-c3ccccc3)o2)cc1. The molecule has 2 aromatic carbocycles. The molecule has 1 heterocycles. The van der Waals surface area contributed by atoms with Crippen LogP contribution in [0.2, 0.25) is 0 Å². The van der Waals surface area contributed by atoms with Crippen LogP contribution in [0.5, 0.6) is 0 Å². The first kappa shape index (κ1) is 14.6. The number of carboxylic acid groups (broad SMARTS) is 1. The second-order valence-corrected chi connectivity index (χ2v) is 4.82. The van der Waals surface area contributed by atoms with E-state index in [2.05, 4.69) is 10.5 Å². The molecule has 0 bridgehead atoms. The molecule has 3 aromatic rings. The van der Waals surface area contributed by atoms with Crippen LogP contribution in [0.15, 0.2) is 76.2 Å². The van der Waals surface area contributed by atoms with Crippen LogP contribution in [0.25, 0.3) is 11.3 Å². The molecule has 0 saturated carbocycles. The maximum absolute atomic E-state index is 10.8. The zero-order chi connectivity index (χ0) is 16.1. The van der Waals surface area contributed by atoms with Gasteiger partial charge in [0.2, 0.25) is 0 Å². The summed E-state index contributed by atoms with van der Waals surface area (Å²) >= 11 is 0. The lowest BCUT2D eigenvalue weighted by Crippen LogP contribution is -1.96. The predicted octanol–water partition coefficient (Wildman–Crippen LogP) is 4.09. The second-order valence-electron chi connectivity index (χ2n) is 4.82. The van der Waals surface area contributed by atoms with Gasteiger partial charge in [0.25, 0.3) is 0 Å². The number of nitrogens with zero attached hydrogens (tertiary/aromatic N) is 1. The Morgan fingerprint density at radius 2 is 1.74 bits per heavy atom. The number of hydrogen-bond acceptors (Lipinski definition) is 4. The molecule has 0 amide bonds. The van der Waals surface area contributed by atoms with Gasteiger partial charge in [0.05, 0.1) is 17.5 Å². The fourth-order valence-electron chi connectivity index (χ4n) is 2.04. The Balaban J connectivity index is 1.64. The molecule has 0 unspecified atom stereocenters. The van der Waals surface area contributed by atoms with Gasteiger partial charge in [0.15, 0.2) is 0 Å². The Bertz CT molecular complexity index is 821. The Morgan fingerprint density at radius 1 is 1.00 bits per heavy atom. The van der Waals surface area contributed by atoms with E-state index in [1.807, 2.05) is 42.5 Å². The van der Waals surface area contributed by atoms with Crippen molar-refractivity contribution >= 4 is 17.9 Å². The van der Waals surface area contributed by atoms with Crippen molar-refractivity contribution < 1.29 is 14.3 Å². The molecule has 0 aliphatic heterocycles. The minimum Gasteiger partial charge on any atom is -0.478 e. The average molecular weight is 306 g/mol. The number of carboxylic acids is 1. The monoisotopic (exact) mass is 306 g/mol. The fourth-order valence-corrected chi connectivity index (χ4v) is 2.04. The number of aromatic carboxylic acids is 1. The van der Waals surface area contributed by atoms with E-state index in [4.69, 9.17) is 9.52 Å². The third-order valence-electron chi connectivity index (χ3n) is 3.20. The highest BCUT2D eigenvalue weighted by atomic mass is 16.4. The first-order valence-corrected chi connectivity index (χ1v) is 7.00. The molecule has 23 heavy (non-hydrogen) atoms. The van der Waals surface area contributed by atoms with E-state index >= 15 is 0 Å². The Labute approximate surface area is 132 Å². The molecule has 0 aliphatic rings. The molecule has 1 aromatic heterocycles. The lowest BCUT2D eigenvalue weighted by molar-refractivity contribution is 0.0697. The summed E-state index contributed by atoms with van der Waals surface area (Å²) in [5.74, 6) is 0.445. The van der Waals surface area contributed by atoms with Crippen LogP contribution in [-0.2, 0) is 0 Å². The normalized spacial score (nSPS) is 10.8. The summed E-state index contributed by atoms with van der Waals surface area (Å²) in [5.41, 5.74) is 4.76. The minimum absolute atomic E-state index is 0.234. The van der Waals surface area contributed by atoms with Crippen molar-refractivity contribution in [2.24, 2.45) is 5.10 Å².